The fraction of sp³-hybridized carbons (Fsp3) is 0.238. The van der Waals surface area contributed by atoms with Gasteiger partial charge in [0.1, 0.15) is 6.10 Å². The molecule has 1 amide bonds. The molecule has 0 radical (unpaired) electrons. The van der Waals surface area contributed by atoms with Crippen molar-refractivity contribution < 1.29 is 9.53 Å². The van der Waals surface area contributed by atoms with E-state index in [1.165, 1.54) is 11.3 Å². The number of benzene rings is 2. The van der Waals surface area contributed by atoms with E-state index in [0.29, 0.717) is 5.13 Å². The Hall–Kier alpha value is -2.50. The van der Waals surface area contributed by atoms with Gasteiger partial charge in [-0.05, 0) is 24.0 Å². The normalized spacial score (nSPS) is 16.0. The average molecular weight is 364 g/mol. The van der Waals surface area contributed by atoms with Crippen LogP contribution >= 0.6 is 11.3 Å². The van der Waals surface area contributed by atoms with Gasteiger partial charge in [-0.3, -0.25) is 4.79 Å². The number of ether oxygens (including phenoxy) is 1. The molecule has 1 saturated carbocycles. The van der Waals surface area contributed by atoms with Gasteiger partial charge in [0, 0.05) is 13.3 Å². The number of amides is 1. The van der Waals surface area contributed by atoms with Gasteiger partial charge in [0.05, 0.1) is 10.3 Å². The highest BCUT2D eigenvalue weighted by Gasteiger charge is 2.51. The molecule has 132 valence electrons. The van der Waals surface area contributed by atoms with E-state index in [1.54, 1.807) is 13.3 Å². The zero-order valence-corrected chi connectivity index (χ0v) is 15.3. The molecule has 4 rings (SSSR count). The largest absolute Gasteiger partial charge is 0.371 e. The minimum absolute atomic E-state index is 0.0262. The molecule has 1 heterocycles. The van der Waals surface area contributed by atoms with E-state index < -0.39 is 5.41 Å². The van der Waals surface area contributed by atoms with Gasteiger partial charge in [0.25, 0.3) is 0 Å². The van der Waals surface area contributed by atoms with E-state index in [9.17, 15) is 4.79 Å². The number of rotatable bonds is 6. The van der Waals surface area contributed by atoms with Crippen LogP contribution in [0.1, 0.15) is 34.9 Å². The monoisotopic (exact) mass is 364 g/mol. The second-order valence-electron chi connectivity index (χ2n) is 6.50. The second-order valence-corrected chi connectivity index (χ2v) is 7.56. The maximum Gasteiger partial charge on any atom is 0.236 e. The van der Waals surface area contributed by atoms with Crippen molar-refractivity contribution in [1.82, 2.24) is 4.98 Å². The lowest BCUT2D eigenvalue weighted by Crippen LogP contribution is -2.27. The Balaban J connectivity index is 1.51. The van der Waals surface area contributed by atoms with Gasteiger partial charge in [-0.2, -0.15) is 0 Å². The minimum Gasteiger partial charge on any atom is -0.371 e. The summed E-state index contributed by atoms with van der Waals surface area (Å²) in [6, 6.07) is 20.0. The molecule has 4 nitrogen and oxygen atoms in total. The number of carbonyl (C=O) groups is 1. The SMILES string of the molecule is COC(c1ccccc1)c1cnc(NC(=O)C2(c3ccccc3)CC2)s1. The molecule has 0 aliphatic heterocycles. The molecule has 5 heteroatoms. The number of nitrogens with one attached hydrogen (secondary N) is 1. The third-order valence-corrected chi connectivity index (χ3v) is 5.81. The molecular weight excluding hydrogens is 344 g/mol. The fourth-order valence-electron chi connectivity index (χ4n) is 3.26. The van der Waals surface area contributed by atoms with Crippen LogP contribution in [0.3, 0.4) is 0 Å². The molecular formula is C21H20N2O2S. The topological polar surface area (TPSA) is 51.2 Å². The number of anilines is 1. The van der Waals surface area contributed by atoms with Crippen LogP contribution < -0.4 is 5.32 Å². The third-order valence-electron chi connectivity index (χ3n) is 4.85. The summed E-state index contributed by atoms with van der Waals surface area (Å²) in [4.78, 5) is 18.2. The van der Waals surface area contributed by atoms with Crippen molar-refractivity contribution in [3.05, 3.63) is 82.9 Å². The Morgan fingerprint density at radius 2 is 1.77 bits per heavy atom. The molecule has 1 aliphatic carbocycles. The van der Waals surface area contributed by atoms with Gasteiger partial charge in [0.2, 0.25) is 5.91 Å². The molecule has 0 saturated heterocycles. The highest BCUT2D eigenvalue weighted by Crippen LogP contribution is 2.49. The lowest BCUT2D eigenvalue weighted by atomic mass is 9.95. The second kappa shape index (κ2) is 7.02. The predicted molar refractivity (Wildman–Crippen MR) is 103 cm³/mol. The van der Waals surface area contributed by atoms with Crippen LogP contribution in [-0.2, 0) is 14.9 Å². The summed E-state index contributed by atoms with van der Waals surface area (Å²) in [6.45, 7) is 0. The Kier molecular flexibility index (Phi) is 4.57. The Bertz CT molecular complexity index is 889. The number of hydrogen-bond acceptors (Lipinski definition) is 4. The Morgan fingerprint density at radius 3 is 2.38 bits per heavy atom. The van der Waals surface area contributed by atoms with Crippen molar-refractivity contribution in [1.29, 1.82) is 0 Å². The number of methoxy groups -OCH3 is 1. The minimum atomic E-state index is -0.396. The highest BCUT2D eigenvalue weighted by atomic mass is 32.1. The number of aromatic nitrogens is 1. The average Bonchev–Trinajstić information content (AvgIpc) is 3.39. The van der Waals surface area contributed by atoms with Gasteiger partial charge in [-0.25, -0.2) is 4.98 Å². The van der Waals surface area contributed by atoms with Gasteiger partial charge >= 0.3 is 0 Å². The summed E-state index contributed by atoms with van der Waals surface area (Å²) in [6.07, 6.45) is 3.37. The highest BCUT2D eigenvalue weighted by molar-refractivity contribution is 7.15. The van der Waals surface area contributed by atoms with Crippen LogP contribution in [0.5, 0.6) is 0 Å². The van der Waals surface area contributed by atoms with Crippen molar-refractivity contribution in [3.8, 4) is 0 Å². The number of thiazole rings is 1. The van der Waals surface area contributed by atoms with E-state index in [4.69, 9.17) is 4.74 Å². The van der Waals surface area contributed by atoms with E-state index >= 15 is 0 Å². The van der Waals surface area contributed by atoms with Crippen LogP contribution in [0.4, 0.5) is 5.13 Å². The van der Waals surface area contributed by atoms with Crippen LogP contribution in [0.25, 0.3) is 0 Å². The van der Waals surface area contributed by atoms with Crippen molar-refractivity contribution in [2.45, 2.75) is 24.4 Å². The molecule has 0 bridgehead atoms. The van der Waals surface area contributed by atoms with Crippen molar-refractivity contribution in [2.75, 3.05) is 12.4 Å². The van der Waals surface area contributed by atoms with E-state index in [2.05, 4.69) is 10.3 Å². The Labute approximate surface area is 156 Å². The number of nitrogens with zero attached hydrogens (tertiary/aromatic N) is 1. The standard InChI is InChI=1S/C21H20N2O2S/c1-25-18(15-8-4-2-5-9-15)17-14-22-20(26-17)23-19(24)21(12-13-21)16-10-6-3-7-11-16/h2-11,14,18H,12-13H2,1H3,(H,22,23,24). The van der Waals surface area contributed by atoms with Crippen LogP contribution in [0, 0.1) is 0 Å². The zero-order chi connectivity index (χ0) is 18.0. The molecule has 1 unspecified atom stereocenters. The maximum atomic E-state index is 12.8. The first kappa shape index (κ1) is 16.9. The van der Waals surface area contributed by atoms with Gasteiger partial charge in [0.15, 0.2) is 5.13 Å². The van der Waals surface area contributed by atoms with Gasteiger partial charge < -0.3 is 10.1 Å². The van der Waals surface area contributed by atoms with E-state index in [1.807, 2.05) is 60.7 Å². The van der Waals surface area contributed by atoms with Gasteiger partial charge in [-0.15, -0.1) is 0 Å². The van der Waals surface area contributed by atoms with Crippen molar-refractivity contribution >= 4 is 22.4 Å². The third kappa shape index (κ3) is 3.16. The molecule has 2 aromatic carbocycles. The van der Waals surface area contributed by atoms with Crippen molar-refractivity contribution in [3.63, 3.8) is 0 Å². The quantitative estimate of drug-likeness (QED) is 0.698. The van der Waals surface area contributed by atoms with Crippen LogP contribution in [-0.4, -0.2) is 18.0 Å². The summed E-state index contributed by atoms with van der Waals surface area (Å²) in [5.74, 6) is 0.0262. The smallest absolute Gasteiger partial charge is 0.236 e. The predicted octanol–water partition coefficient (Wildman–Crippen LogP) is 4.55. The number of hydrogen-bond donors (Lipinski definition) is 1. The molecule has 1 fully saturated rings. The fourth-order valence-corrected chi connectivity index (χ4v) is 4.17. The molecule has 26 heavy (non-hydrogen) atoms. The Morgan fingerprint density at radius 1 is 1.12 bits per heavy atom. The van der Waals surface area contributed by atoms with Crippen LogP contribution in [0.2, 0.25) is 0 Å². The first-order valence-corrected chi connectivity index (χ1v) is 9.45. The summed E-state index contributed by atoms with van der Waals surface area (Å²) in [5.41, 5.74) is 1.75. The first-order valence-electron chi connectivity index (χ1n) is 8.63. The maximum absolute atomic E-state index is 12.8. The first-order chi connectivity index (χ1) is 12.7. The molecule has 1 aliphatic rings. The molecule has 1 N–H and O–H groups in total. The molecule has 3 aromatic rings. The zero-order valence-electron chi connectivity index (χ0n) is 14.5. The summed E-state index contributed by atoms with van der Waals surface area (Å²) in [7, 11) is 1.68. The van der Waals surface area contributed by atoms with E-state index in [0.717, 1.165) is 28.8 Å². The number of carbonyl (C=O) groups excluding carboxylic acids is 1. The molecule has 1 atom stereocenters. The van der Waals surface area contributed by atoms with Gasteiger partial charge in [-0.1, -0.05) is 72.0 Å². The van der Waals surface area contributed by atoms with Crippen LogP contribution in [0.15, 0.2) is 66.9 Å². The summed E-state index contributed by atoms with van der Waals surface area (Å²) >= 11 is 1.46. The lowest BCUT2D eigenvalue weighted by molar-refractivity contribution is -0.118. The lowest BCUT2D eigenvalue weighted by Gasteiger charge is -2.14. The van der Waals surface area contributed by atoms with Crippen molar-refractivity contribution in [2.24, 2.45) is 0 Å². The molecule has 1 aromatic heterocycles. The summed E-state index contributed by atoms with van der Waals surface area (Å²) < 4.78 is 5.65. The summed E-state index contributed by atoms with van der Waals surface area (Å²) in [5, 5.41) is 3.62. The molecule has 0 spiro atoms. The van der Waals surface area contributed by atoms with E-state index in [-0.39, 0.29) is 12.0 Å².